The van der Waals surface area contributed by atoms with Gasteiger partial charge in [0.15, 0.2) is 10.2 Å². The number of thioether (sulfide) groups is 1. The summed E-state index contributed by atoms with van der Waals surface area (Å²) in [5.74, 6) is 1.78. The van der Waals surface area contributed by atoms with Crippen LogP contribution >= 0.6 is 34.9 Å². The van der Waals surface area contributed by atoms with Crippen LogP contribution in [0.4, 0.5) is 5.69 Å². The molecule has 0 saturated carbocycles. The van der Waals surface area contributed by atoms with Crippen LogP contribution in [0.5, 0.6) is 11.5 Å². The second-order valence-corrected chi connectivity index (χ2v) is 7.65. The molecule has 1 heterocycles. The van der Waals surface area contributed by atoms with E-state index >= 15 is 0 Å². The number of hydrogen-bond donors (Lipinski definition) is 1. The molecule has 6 nitrogen and oxygen atoms in total. The largest absolute Gasteiger partial charge is 0.497 e. The number of nitrogens with zero attached hydrogens (tertiary/aromatic N) is 2. The average molecular weight is 422 g/mol. The van der Waals surface area contributed by atoms with Crippen LogP contribution in [0.2, 0.25) is 5.02 Å². The number of carbonyl (C=O) groups excluding carboxylic acids is 1. The van der Waals surface area contributed by atoms with E-state index < -0.39 is 0 Å². The number of carbonyl (C=O) groups is 1. The molecule has 0 radical (unpaired) electrons. The molecule has 3 rings (SSSR count). The Labute approximate surface area is 170 Å². The quantitative estimate of drug-likeness (QED) is 0.562. The minimum Gasteiger partial charge on any atom is -0.497 e. The van der Waals surface area contributed by atoms with Crippen LogP contribution in [-0.4, -0.2) is 35.2 Å². The molecule has 9 heteroatoms. The molecule has 1 N–H and O–H groups in total. The van der Waals surface area contributed by atoms with E-state index in [4.69, 9.17) is 21.1 Å². The minimum atomic E-state index is -0.169. The normalized spacial score (nSPS) is 10.5. The zero-order chi connectivity index (χ0) is 19.2. The second kappa shape index (κ2) is 9.07. The van der Waals surface area contributed by atoms with Gasteiger partial charge in [0, 0.05) is 11.6 Å². The molecule has 0 saturated heterocycles. The molecule has 0 unspecified atom stereocenters. The Hall–Kier alpha value is -2.29. The molecule has 1 aromatic heterocycles. The van der Waals surface area contributed by atoms with E-state index in [-0.39, 0.29) is 11.7 Å². The Kier molecular flexibility index (Phi) is 6.54. The predicted molar refractivity (Wildman–Crippen MR) is 109 cm³/mol. The number of hydrogen-bond acceptors (Lipinski definition) is 7. The lowest BCUT2D eigenvalue weighted by molar-refractivity contribution is -0.113. The number of nitrogens with one attached hydrogen (secondary N) is 1. The van der Waals surface area contributed by atoms with Gasteiger partial charge in [-0.05, 0) is 35.8 Å². The summed E-state index contributed by atoms with van der Waals surface area (Å²) in [6.07, 6.45) is 0. The van der Waals surface area contributed by atoms with Gasteiger partial charge in [-0.25, -0.2) is 4.98 Å². The number of halogens is 1. The van der Waals surface area contributed by atoms with Crippen molar-refractivity contribution in [3.05, 3.63) is 47.5 Å². The number of rotatable bonds is 7. The molecule has 1 amide bonds. The van der Waals surface area contributed by atoms with Crippen molar-refractivity contribution in [2.45, 2.75) is 4.34 Å². The van der Waals surface area contributed by atoms with Crippen molar-refractivity contribution >= 4 is 46.5 Å². The highest BCUT2D eigenvalue weighted by molar-refractivity contribution is 8.01. The first-order chi connectivity index (χ1) is 13.1. The smallest absolute Gasteiger partial charge is 0.234 e. The Balaban J connectivity index is 1.61. The maximum Gasteiger partial charge on any atom is 0.234 e. The van der Waals surface area contributed by atoms with Gasteiger partial charge in [-0.15, -0.1) is 0 Å². The third kappa shape index (κ3) is 4.91. The van der Waals surface area contributed by atoms with Crippen LogP contribution in [-0.2, 0) is 4.79 Å². The van der Waals surface area contributed by atoms with E-state index in [0.717, 1.165) is 5.56 Å². The highest BCUT2D eigenvalue weighted by atomic mass is 35.5. The van der Waals surface area contributed by atoms with Crippen LogP contribution in [0.3, 0.4) is 0 Å². The standard InChI is InChI=1S/C18H16ClN3O3S2/c1-24-11-7-8-14(15(9-11)25-2)20-16(23)10-26-18-21-17(22-27-18)12-5-3-4-6-13(12)19/h3-9H,10H2,1-2H3,(H,20,23). The fourth-order valence-electron chi connectivity index (χ4n) is 2.24. The van der Waals surface area contributed by atoms with E-state index in [1.807, 2.05) is 18.2 Å². The molecule has 27 heavy (non-hydrogen) atoms. The monoisotopic (exact) mass is 421 g/mol. The van der Waals surface area contributed by atoms with Crippen molar-refractivity contribution in [2.24, 2.45) is 0 Å². The van der Waals surface area contributed by atoms with E-state index in [0.29, 0.717) is 32.4 Å². The van der Waals surface area contributed by atoms with Gasteiger partial charge in [0.1, 0.15) is 11.5 Å². The molecular formula is C18H16ClN3O3S2. The van der Waals surface area contributed by atoms with Gasteiger partial charge in [-0.3, -0.25) is 4.79 Å². The van der Waals surface area contributed by atoms with E-state index in [1.54, 1.807) is 31.4 Å². The van der Waals surface area contributed by atoms with Gasteiger partial charge in [0.05, 0.1) is 30.7 Å². The molecule has 0 fully saturated rings. The molecule has 0 aliphatic carbocycles. The summed E-state index contributed by atoms with van der Waals surface area (Å²) in [6, 6.07) is 12.6. The molecule has 3 aromatic rings. The lowest BCUT2D eigenvalue weighted by Crippen LogP contribution is -2.14. The maximum atomic E-state index is 12.3. The third-order valence-electron chi connectivity index (χ3n) is 3.53. The van der Waals surface area contributed by atoms with Crippen molar-refractivity contribution in [3.8, 4) is 22.9 Å². The Morgan fingerprint density at radius 3 is 2.78 bits per heavy atom. The summed E-state index contributed by atoms with van der Waals surface area (Å²) in [6.45, 7) is 0. The maximum absolute atomic E-state index is 12.3. The summed E-state index contributed by atoms with van der Waals surface area (Å²) in [4.78, 5) is 16.7. The SMILES string of the molecule is COc1ccc(NC(=O)CSc2nc(-c3ccccc3Cl)ns2)c(OC)c1. The summed E-state index contributed by atoms with van der Waals surface area (Å²) >= 11 is 8.72. The second-order valence-electron chi connectivity index (χ2n) is 5.27. The molecule has 0 aliphatic heterocycles. The van der Waals surface area contributed by atoms with Crippen molar-refractivity contribution < 1.29 is 14.3 Å². The van der Waals surface area contributed by atoms with Crippen LogP contribution in [0, 0.1) is 0 Å². The van der Waals surface area contributed by atoms with E-state index in [9.17, 15) is 4.79 Å². The molecule has 0 spiro atoms. The summed E-state index contributed by atoms with van der Waals surface area (Å²) in [5, 5.41) is 3.42. The molecule has 2 aromatic carbocycles. The van der Waals surface area contributed by atoms with Gasteiger partial charge < -0.3 is 14.8 Å². The fourth-order valence-corrected chi connectivity index (χ4v) is 3.86. The number of methoxy groups -OCH3 is 2. The summed E-state index contributed by atoms with van der Waals surface area (Å²) in [5.41, 5.74) is 1.35. The van der Waals surface area contributed by atoms with Crippen molar-refractivity contribution in [1.82, 2.24) is 9.36 Å². The Bertz CT molecular complexity index is 949. The number of amides is 1. The molecule has 0 bridgehead atoms. The van der Waals surface area contributed by atoms with Crippen LogP contribution in [0.25, 0.3) is 11.4 Å². The van der Waals surface area contributed by atoms with Gasteiger partial charge in [0.2, 0.25) is 5.91 Å². The molecule has 0 atom stereocenters. The highest BCUT2D eigenvalue weighted by Gasteiger charge is 2.13. The van der Waals surface area contributed by atoms with Gasteiger partial charge in [0.25, 0.3) is 0 Å². The number of ether oxygens (including phenoxy) is 2. The fraction of sp³-hybridized carbons (Fsp3) is 0.167. The summed E-state index contributed by atoms with van der Waals surface area (Å²) < 4.78 is 15.4. The molecule has 0 aliphatic rings. The van der Waals surface area contributed by atoms with Crippen molar-refractivity contribution in [2.75, 3.05) is 25.3 Å². The number of aromatic nitrogens is 2. The Morgan fingerprint density at radius 2 is 2.04 bits per heavy atom. The Morgan fingerprint density at radius 1 is 1.22 bits per heavy atom. The first kappa shape index (κ1) is 19.5. The topological polar surface area (TPSA) is 73.3 Å². The lowest BCUT2D eigenvalue weighted by atomic mass is 10.2. The third-order valence-corrected chi connectivity index (χ3v) is 5.69. The van der Waals surface area contributed by atoms with E-state index in [1.165, 1.54) is 30.4 Å². The van der Waals surface area contributed by atoms with E-state index in [2.05, 4.69) is 14.7 Å². The number of benzene rings is 2. The number of anilines is 1. The van der Waals surface area contributed by atoms with Crippen LogP contribution in [0.1, 0.15) is 0 Å². The minimum absolute atomic E-state index is 0.169. The van der Waals surface area contributed by atoms with Gasteiger partial charge in [-0.2, -0.15) is 4.37 Å². The van der Waals surface area contributed by atoms with Crippen molar-refractivity contribution in [1.29, 1.82) is 0 Å². The zero-order valence-electron chi connectivity index (χ0n) is 14.6. The van der Waals surface area contributed by atoms with Crippen LogP contribution < -0.4 is 14.8 Å². The van der Waals surface area contributed by atoms with Crippen molar-refractivity contribution in [3.63, 3.8) is 0 Å². The first-order valence-corrected chi connectivity index (χ1v) is 9.97. The highest BCUT2D eigenvalue weighted by Crippen LogP contribution is 2.31. The average Bonchev–Trinajstić information content (AvgIpc) is 3.16. The molecule has 140 valence electrons. The first-order valence-electron chi connectivity index (χ1n) is 7.84. The molecular weight excluding hydrogens is 406 g/mol. The summed E-state index contributed by atoms with van der Waals surface area (Å²) in [7, 11) is 3.11. The van der Waals surface area contributed by atoms with Gasteiger partial charge >= 0.3 is 0 Å². The zero-order valence-corrected chi connectivity index (χ0v) is 17.0. The van der Waals surface area contributed by atoms with Gasteiger partial charge in [-0.1, -0.05) is 35.5 Å². The van der Waals surface area contributed by atoms with Crippen LogP contribution in [0.15, 0.2) is 46.8 Å². The predicted octanol–water partition coefficient (Wildman–Crippen LogP) is 4.61. The lowest BCUT2D eigenvalue weighted by Gasteiger charge is -2.11.